The fraction of sp³-hybridized carbons (Fsp3) is 0.188. The molecule has 2 heterocycles. The van der Waals surface area contributed by atoms with E-state index in [1.807, 2.05) is 24.3 Å². The van der Waals surface area contributed by atoms with Gasteiger partial charge in [0, 0.05) is 18.3 Å². The summed E-state index contributed by atoms with van der Waals surface area (Å²) in [5.74, 6) is -1.67. The summed E-state index contributed by atoms with van der Waals surface area (Å²) >= 11 is 0. The quantitative estimate of drug-likeness (QED) is 0.796. The number of carbonyl (C=O) groups excluding carboxylic acids is 2. The van der Waals surface area contributed by atoms with Crippen LogP contribution in [0.2, 0.25) is 0 Å². The number of nitrogens with two attached hydrogens (primary N) is 1. The predicted octanol–water partition coefficient (Wildman–Crippen LogP) is 1.34. The summed E-state index contributed by atoms with van der Waals surface area (Å²) in [6, 6.07) is 8.55. The van der Waals surface area contributed by atoms with E-state index in [0.717, 1.165) is 23.5 Å². The zero-order valence-corrected chi connectivity index (χ0v) is 12.2. The SMILES string of the molecule is Nc1cc(F)cnc1C(=O)NCC1Cc2ccccc2NC1=O. The third-order valence-electron chi connectivity index (χ3n) is 3.72. The number of nitrogen functional groups attached to an aromatic ring is 1. The minimum atomic E-state index is -0.609. The second-order valence-electron chi connectivity index (χ2n) is 5.35. The lowest BCUT2D eigenvalue weighted by Crippen LogP contribution is -2.39. The number of aromatic nitrogens is 1. The highest BCUT2D eigenvalue weighted by molar-refractivity contribution is 5.98. The normalized spacial score (nSPS) is 16.4. The molecule has 7 heteroatoms. The van der Waals surface area contributed by atoms with Gasteiger partial charge in [0.05, 0.1) is 17.8 Å². The average Bonchev–Trinajstić information content (AvgIpc) is 2.52. The summed E-state index contributed by atoms with van der Waals surface area (Å²) in [5.41, 5.74) is 7.30. The first kappa shape index (κ1) is 15.0. The number of nitrogens with zero attached hydrogens (tertiary/aromatic N) is 1. The molecule has 0 saturated heterocycles. The Morgan fingerprint density at radius 2 is 2.22 bits per heavy atom. The van der Waals surface area contributed by atoms with Crippen LogP contribution < -0.4 is 16.4 Å². The van der Waals surface area contributed by atoms with Gasteiger partial charge in [0.1, 0.15) is 5.82 Å². The van der Waals surface area contributed by atoms with Crippen LogP contribution in [-0.4, -0.2) is 23.3 Å². The zero-order valence-electron chi connectivity index (χ0n) is 12.2. The number of anilines is 2. The van der Waals surface area contributed by atoms with Crippen molar-refractivity contribution in [2.45, 2.75) is 6.42 Å². The molecule has 118 valence electrons. The molecule has 0 aliphatic carbocycles. The van der Waals surface area contributed by atoms with Crippen LogP contribution in [-0.2, 0) is 11.2 Å². The summed E-state index contributed by atoms with van der Waals surface area (Å²) in [6.07, 6.45) is 1.46. The molecule has 1 aromatic carbocycles. The first-order valence-corrected chi connectivity index (χ1v) is 7.12. The smallest absolute Gasteiger partial charge is 0.272 e. The van der Waals surface area contributed by atoms with Gasteiger partial charge in [-0.15, -0.1) is 0 Å². The van der Waals surface area contributed by atoms with Gasteiger partial charge < -0.3 is 16.4 Å². The van der Waals surface area contributed by atoms with Gasteiger partial charge in [-0.25, -0.2) is 9.37 Å². The zero-order chi connectivity index (χ0) is 16.4. The maximum absolute atomic E-state index is 13.0. The summed E-state index contributed by atoms with van der Waals surface area (Å²) in [6.45, 7) is 0.150. The fourth-order valence-electron chi connectivity index (χ4n) is 2.52. The van der Waals surface area contributed by atoms with E-state index in [1.165, 1.54) is 0 Å². The maximum atomic E-state index is 13.0. The second-order valence-corrected chi connectivity index (χ2v) is 5.35. The fourth-order valence-corrected chi connectivity index (χ4v) is 2.52. The van der Waals surface area contributed by atoms with Gasteiger partial charge >= 0.3 is 0 Å². The van der Waals surface area contributed by atoms with Gasteiger partial charge in [-0.1, -0.05) is 18.2 Å². The van der Waals surface area contributed by atoms with Crippen molar-refractivity contribution in [1.82, 2.24) is 10.3 Å². The number of para-hydroxylation sites is 1. The molecule has 1 aromatic heterocycles. The van der Waals surface area contributed by atoms with Crippen molar-refractivity contribution in [3.63, 3.8) is 0 Å². The first-order chi connectivity index (χ1) is 11.0. The number of carbonyl (C=O) groups is 2. The van der Waals surface area contributed by atoms with Crippen LogP contribution in [0, 0.1) is 11.7 Å². The van der Waals surface area contributed by atoms with Crippen molar-refractivity contribution in [2.75, 3.05) is 17.6 Å². The lowest BCUT2D eigenvalue weighted by molar-refractivity contribution is -0.120. The largest absolute Gasteiger partial charge is 0.397 e. The van der Waals surface area contributed by atoms with Crippen molar-refractivity contribution >= 4 is 23.2 Å². The molecule has 0 spiro atoms. The molecule has 4 N–H and O–H groups in total. The van der Waals surface area contributed by atoms with Crippen LogP contribution in [0.1, 0.15) is 16.1 Å². The molecule has 6 nitrogen and oxygen atoms in total. The highest BCUT2D eigenvalue weighted by Gasteiger charge is 2.26. The maximum Gasteiger partial charge on any atom is 0.272 e. The number of halogens is 1. The van der Waals surface area contributed by atoms with Crippen LogP contribution in [0.5, 0.6) is 0 Å². The molecular weight excluding hydrogens is 299 g/mol. The molecule has 1 unspecified atom stereocenters. The topological polar surface area (TPSA) is 97.1 Å². The van der Waals surface area contributed by atoms with Crippen molar-refractivity contribution in [2.24, 2.45) is 5.92 Å². The second kappa shape index (κ2) is 6.04. The van der Waals surface area contributed by atoms with Crippen molar-refractivity contribution in [1.29, 1.82) is 0 Å². The Balaban J connectivity index is 1.66. The molecule has 2 aromatic rings. The summed E-state index contributed by atoms with van der Waals surface area (Å²) in [7, 11) is 0. The van der Waals surface area contributed by atoms with Crippen LogP contribution >= 0.6 is 0 Å². The standard InChI is InChI=1S/C16H15FN4O2/c17-11-6-12(18)14(19-8-11)16(23)20-7-10-5-9-3-1-2-4-13(9)21-15(10)22/h1-4,6,8,10H,5,7,18H2,(H,20,23)(H,21,22). The van der Waals surface area contributed by atoms with Crippen LogP contribution in [0.15, 0.2) is 36.5 Å². The van der Waals surface area contributed by atoms with Crippen molar-refractivity contribution in [3.05, 3.63) is 53.6 Å². The number of nitrogens with one attached hydrogen (secondary N) is 2. The summed E-state index contributed by atoms with van der Waals surface area (Å²) < 4.78 is 13.0. The van der Waals surface area contributed by atoms with E-state index < -0.39 is 11.7 Å². The van der Waals surface area contributed by atoms with Crippen molar-refractivity contribution < 1.29 is 14.0 Å². The van der Waals surface area contributed by atoms with Gasteiger partial charge in [0.15, 0.2) is 5.69 Å². The molecule has 0 radical (unpaired) electrons. The molecule has 23 heavy (non-hydrogen) atoms. The average molecular weight is 314 g/mol. The van der Waals surface area contributed by atoms with Crippen LogP contribution in [0.25, 0.3) is 0 Å². The van der Waals surface area contributed by atoms with Gasteiger partial charge in [-0.05, 0) is 18.1 Å². The lowest BCUT2D eigenvalue weighted by atomic mass is 9.93. The molecule has 1 aliphatic rings. The van der Waals surface area contributed by atoms with Gasteiger partial charge in [-0.2, -0.15) is 0 Å². The van der Waals surface area contributed by atoms with Gasteiger partial charge in [0.2, 0.25) is 5.91 Å². The third kappa shape index (κ3) is 3.13. The van der Waals surface area contributed by atoms with Crippen LogP contribution in [0.4, 0.5) is 15.8 Å². The number of rotatable bonds is 3. The van der Waals surface area contributed by atoms with E-state index in [9.17, 15) is 14.0 Å². The monoisotopic (exact) mass is 314 g/mol. The predicted molar refractivity (Wildman–Crippen MR) is 83.2 cm³/mol. The molecule has 2 amide bonds. The van der Waals surface area contributed by atoms with Crippen molar-refractivity contribution in [3.8, 4) is 0 Å². The molecule has 1 aliphatic heterocycles. The Kier molecular flexibility index (Phi) is 3.92. The van der Waals surface area contributed by atoms with E-state index in [2.05, 4.69) is 15.6 Å². The third-order valence-corrected chi connectivity index (χ3v) is 3.72. The van der Waals surface area contributed by atoms with E-state index in [4.69, 9.17) is 5.73 Å². The Bertz CT molecular complexity index is 778. The Labute approximate surface area is 131 Å². The minimum Gasteiger partial charge on any atom is -0.397 e. The number of hydrogen-bond acceptors (Lipinski definition) is 4. The summed E-state index contributed by atoms with van der Waals surface area (Å²) in [5, 5.41) is 5.44. The van der Waals surface area contributed by atoms with E-state index in [1.54, 1.807) is 0 Å². The summed E-state index contributed by atoms with van der Waals surface area (Å²) in [4.78, 5) is 27.8. The lowest BCUT2D eigenvalue weighted by Gasteiger charge is -2.24. The number of fused-ring (bicyclic) bond motifs is 1. The van der Waals surface area contributed by atoms with E-state index >= 15 is 0 Å². The first-order valence-electron chi connectivity index (χ1n) is 7.12. The van der Waals surface area contributed by atoms with Crippen LogP contribution in [0.3, 0.4) is 0 Å². The number of benzene rings is 1. The molecule has 3 rings (SSSR count). The highest BCUT2D eigenvalue weighted by atomic mass is 19.1. The number of hydrogen-bond donors (Lipinski definition) is 3. The molecule has 0 saturated carbocycles. The van der Waals surface area contributed by atoms with Gasteiger partial charge in [0.25, 0.3) is 5.91 Å². The van der Waals surface area contributed by atoms with E-state index in [-0.39, 0.29) is 29.8 Å². The van der Waals surface area contributed by atoms with E-state index in [0.29, 0.717) is 6.42 Å². The Morgan fingerprint density at radius 1 is 1.43 bits per heavy atom. The Hall–Kier alpha value is -2.96. The highest BCUT2D eigenvalue weighted by Crippen LogP contribution is 2.24. The number of pyridine rings is 1. The van der Waals surface area contributed by atoms with Gasteiger partial charge in [-0.3, -0.25) is 9.59 Å². The Morgan fingerprint density at radius 3 is 3.00 bits per heavy atom. The minimum absolute atomic E-state index is 0.0408. The molecule has 0 bridgehead atoms. The molecule has 0 fully saturated rings. The molecular formula is C16H15FN4O2. The number of amides is 2. The molecule has 1 atom stereocenters.